The highest BCUT2D eigenvalue weighted by atomic mass is 35.5. The molecule has 0 saturated carbocycles. The van der Waals surface area contributed by atoms with Crippen LogP contribution in [0.15, 0.2) is 78.0 Å². The summed E-state index contributed by atoms with van der Waals surface area (Å²) in [4.78, 5) is 13.7. The molecule has 5 rings (SSSR count). The summed E-state index contributed by atoms with van der Waals surface area (Å²) in [6.07, 6.45) is 1.28. The summed E-state index contributed by atoms with van der Waals surface area (Å²) in [5, 5.41) is 8.22. The summed E-state index contributed by atoms with van der Waals surface area (Å²) in [6, 6.07) is 21.2. The van der Waals surface area contributed by atoms with E-state index in [0.29, 0.717) is 16.5 Å². The number of ketones is 1. The van der Waals surface area contributed by atoms with E-state index in [1.807, 2.05) is 62.4 Å². The molecule has 0 aromatic heterocycles. The van der Waals surface area contributed by atoms with Gasteiger partial charge in [0.2, 0.25) is 0 Å². The number of hydrogen-bond acceptors (Lipinski definition) is 4. The number of nitrogens with one attached hydrogen (secondary N) is 2. The van der Waals surface area contributed by atoms with E-state index in [9.17, 15) is 4.79 Å². The molecule has 3 aromatic rings. The Balaban J connectivity index is 1.54. The molecule has 0 spiro atoms. The van der Waals surface area contributed by atoms with Crippen molar-refractivity contribution in [3.63, 3.8) is 0 Å². The zero-order chi connectivity index (χ0) is 23.8. The Morgan fingerprint density at radius 1 is 0.941 bits per heavy atom. The number of para-hydroxylation sites is 2. The second-order valence-electron chi connectivity index (χ2n) is 9.07. The third kappa shape index (κ3) is 4.53. The van der Waals surface area contributed by atoms with Gasteiger partial charge in [0.25, 0.3) is 0 Å². The number of Topliss-reactive ketones (excluding diaryl/α,β-unsaturated/α-hetero) is 1. The van der Waals surface area contributed by atoms with Crippen molar-refractivity contribution in [3.05, 3.63) is 99.2 Å². The third-order valence-electron chi connectivity index (χ3n) is 6.31. The van der Waals surface area contributed by atoms with Crippen LogP contribution in [0.1, 0.15) is 49.8 Å². The molecule has 0 amide bonds. The van der Waals surface area contributed by atoms with Crippen LogP contribution in [0.3, 0.4) is 0 Å². The Hall–Kier alpha value is -2.95. The zero-order valence-electron chi connectivity index (χ0n) is 19.1. The average molecular weight is 493 g/mol. The van der Waals surface area contributed by atoms with Crippen LogP contribution in [-0.2, 0) is 4.79 Å². The number of hydrogen-bond donors (Lipinski definition) is 2. The van der Waals surface area contributed by atoms with Crippen molar-refractivity contribution < 1.29 is 9.53 Å². The van der Waals surface area contributed by atoms with Crippen molar-refractivity contribution in [2.45, 2.75) is 44.8 Å². The molecule has 3 aromatic carbocycles. The Morgan fingerprint density at radius 2 is 1.68 bits per heavy atom. The van der Waals surface area contributed by atoms with Gasteiger partial charge in [-0.2, -0.15) is 0 Å². The average Bonchev–Trinajstić information content (AvgIpc) is 2.96. The van der Waals surface area contributed by atoms with E-state index in [-0.39, 0.29) is 23.8 Å². The first-order valence-electron chi connectivity index (χ1n) is 11.5. The van der Waals surface area contributed by atoms with Gasteiger partial charge >= 0.3 is 0 Å². The zero-order valence-corrected chi connectivity index (χ0v) is 20.6. The van der Waals surface area contributed by atoms with Gasteiger partial charge in [-0.1, -0.05) is 53.5 Å². The molecule has 2 unspecified atom stereocenters. The van der Waals surface area contributed by atoms with Gasteiger partial charge < -0.3 is 15.4 Å². The standard InChI is InChI=1S/C28H26Cl2N2O2/c1-16(2)34-20-10-7-17(8-11-20)18-13-25-27(26(33)14-18)28(21-12-9-19(29)15-22(21)30)32-24-6-4-3-5-23(24)31-25/h3-12,15-16,18,28,31-32H,13-14H2,1-2H3. The molecule has 1 aliphatic heterocycles. The van der Waals surface area contributed by atoms with E-state index in [2.05, 4.69) is 22.8 Å². The molecule has 2 aliphatic rings. The topological polar surface area (TPSA) is 50.4 Å². The molecule has 1 aliphatic carbocycles. The predicted octanol–water partition coefficient (Wildman–Crippen LogP) is 7.76. The summed E-state index contributed by atoms with van der Waals surface area (Å²) in [5.41, 5.74) is 5.49. The summed E-state index contributed by atoms with van der Waals surface area (Å²) in [5.74, 6) is 1.03. The van der Waals surface area contributed by atoms with Gasteiger partial charge in [-0.05, 0) is 73.7 Å². The maximum absolute atomic E-state index is 13.7. The largest absolute Gasteiger partial charge is 0.491 e. The van der Waals surface area contributed by atoms with Crippen LogP contribution in [0.2, 0.25) is 10.0 Å². The molecule has 2 N–H and O–H groups in total. The van der Waals surface area contributed by atoms with E-state index in [1.165, 1.54) is 0 Å². The highest BCUT2D eigenvalue weighted by molar-refractivity contribution is 6.35. The van der Waals surface area contributed by atoms with Crippen LogP contribution < -0.4 is 15.4 Å². The van der Waals surface area contributed by atoms with Crippen molar-refractivity contribution >= 4 is 40.4 Å². The van der Waals surface area contributed by atoms with Crippen LogP contribution in [0.5, 0.6) is 5.75 Å². The van der Waals surface area contributed by atoms with Gasteiger partial charge in [-0.15, -0.1) is 0 Å². The third-order valence-corrected chi connectivity index (χ3v) is 6.87. The van der Waals surface area contributed by atoms with Crippen molar-refractivity contribution in [1.29, 1.82) is 0 Å². The van der Waals surface area contributed by atoms with Crippen LogP contribution >= 0.6 is 23.2 Å². The molecular formula is C28H26Cl2N2O2. The van der Waals surface area contributed by atoms with E-state index >= 15 is 0 Å². The van der Waals surface area contributed by atoms with Crippen LogP contribution in [0.4, 0.5) is 11.4 Å². The number of fused-ring (bicyclic) bond motifs is 1. The van der Waals surface area contributed by atoms with Crippen LogP contribution in [0, 0.1) is 0 Å². The van der Waals surface area contributed by atoms with E-state index in [1.54, 1.807) is 6.07 Å². The fraction of sp³-hybridized carbons (Fsp3) is 0.250. The number of allylic oxidation sites excluding steroid dienone is 1. The van der Waals surface area contributed by atoms with E-state index in [4.69, 9.17) is 27.9 Å². The Bertz CT molecular complexity index is 1270. The fourth-order valence-electron chi connectivity index (χ4n) is 4.79. The molecule has 0 radical (unpaired) electrons. The monoisotopic (exact) mass is 492 g/mol. The van der Waals surface area contributed by atoms with Gasteiger partial charge in [-0.3, -0.25) is 4.79 Å². The quantitative estimate of drug-likeness (QED) is 0.390. The highest BCUT2D eigenvalue weighted by Crippen LogP contribution is 2.45. The summed E-state index contributed by atoms with van der Waals surface area (Å²) >= 11 is 12.8. The SMILES string of the molecule is CC(C)Oc1ccc(C2CC(=O)C3=C(C2)Nc2ccccc2NC3c2ccc(Cl)cc2Cl)cc1. The molecule has 4 nitrogen and oxygen atoms in total. The first-order chi connectivity index (χ1) is 16.4. The van der Waals surface area contributed by atoms with Crippen molar-refractivity contribution in [2.24, 2.45) is 0 Å². The van der Waals surface area contributed by atoms with Gasteiger partial charge in [0, 0.05) is 27.7 Å². The van der Waals surface area contributed by atoms with Gasteiger partial charge in [-0.25, -0.2) is 0 Å². The number of benzene rings is 3. The Kier molecular flexibility index (Phi) is 6.28. The molecule has 1 heterocycles. The maximum Gasteiger partial charge on any atom is 0.163 e. The number of rotatable bonds is 4. The lowest BCUT2D eigenvalue weighted by molar-refractivity contribution is -0.116. The first-order valence-corrected chi connectivity index (χ1v) is 12.2. The maximum atomic E-state index is 13.7. The van der Waals surface area contributed by atoms with Gasteiger partial charge in [0.15, 0.2) is 5.78 Å². The van der Waals surface area contributed by atoms with E-state index in [0.717, 1.165) is 45.9 Å². The minimum atomic E-state index is -0.369. The molecule has 6 heteroatoms. The first kappa shape index (κ1) is 22.8. The highest BCUT2D eigenvalue weighted by Gasteiger charge is 2.36. The molecular weight excluding hydrogens is 467 g/mol. The van der Waals surface area contributed by atoms with Crippen molar-refractivity contribution in [3.8, 4) is 5.75 Å². The number of carbonyl (C=O) groups is 1. The number of anilines is 2. The molecule has 0 fully saturated rings. The number of ether oxygens (including phenoxy) is 1. The molecule has 2 atom stereocenters. The van der Waals surface area contributed by atoms with Crippen molar-refractivity contribution in [2.75, 3.05) is 10.6 Å². The lowest BCUT2D eigenvalue weighted by atomic mass is 9.78. The fourth-order valence-corrected chi connectivity index (χ4v) is 5.31. The summed E-state index contributed by atoms with van der Waals surface area (Å²) < 4.78 is 5.78. The second-order valence-corrected chi connectivity index (χ2v) is 9.91. The van der Waals surface area contributed by atoms with Gasteiger partial charge in [0.1, 0.15) is 5.75 Å². The summed E-state index contributed by atoms with van der Waals surface area (Å²) in [7, 11) is 0. The summed E-state index contributed by atoms with van der Waals surface area (Å²) in [6.45, 7) is 4.02. The smallest absolute Gasteiger partial charge is 0.163 e. The molecule has 34 heavy (non-hydrogen) atoms. The second kappa shape index (κ2) is 9.36. The Morgan fingerprint density at radius 3 is 2.38 bits per heavy atom. The van der Waals surface area contributed by atoms with Crippen molar-refractivity contribution in [1.82, 2.24) is 0 Å². The minimum absolute atomic E-state index is 0.0819. The van der Waals surface area contributed by atoms with Crippen LogP contribution in [-0.4, -0.2) is 11.9 Å². The number of halogens is 2. The molecule has 0 saturated heterocycles. The Labute approximate surface area is 209 Å². The number of carbonyl (C=O) groups excluding carboxylic acids is 1. The predicted molar refractivity (Wildman–Crippen MR) is 139 cm³/mol. The normalized spacial score (nSPS) is 19.6. The molecule has 0 bridgehead atoms. The van der Waals surface area contributed by atoms with E-state index < -0.39 is 0 Å². The lowest BCUT2D eigenvalue weighted by Crippen LogP contribution is -2.27. The van der Waals surface area contributed by atoms with Crippen LogP contribution in [0.25, 0.3) is 0 Å². The lowest BCUT2D eigenvalue weighted by Gasteiger charge is -2.30. The van der Waals surface area contributed by atoms with Gasteiger partial charge in [0.05, 0.1) is 23.5 Å². The minimum Gasteiger partial charge on any atom is -0.491 e. The molecule has 174 valence electrons.